The maximum absolute atomic E-state index is 5.18. The molecule has 0 bridgehead atoms. The van der Waals surface area contributed by atoms with Crippen molar-refractivity contribution in [3.8, 4) is 5.75 Å². The normalized spacial score (nSPS) is 12.2. The molecule has 20 heavy (non-hydrogen) atoms. The second-order valence-electron chi connectivity index (χ2n) is 4.93. The number of benzene rings is 1. The Morgan fingerprint density at radius 2 is 1.90 bits per heavy atom. The predicted molar refractivity (Wildman–Crippen MR) is 82.1 cm³/mol. The number of hydrogen-bond acceptors (Lipinski definition) is 3. The van der Waals surface area contributed by atoms with E-state index in [9.17, 15) is 0 Å². The highest BCUT2D eigenvalue weighted by Crippen LogP contribution is 2.19. The first-order valence-electron chi connectivity index (χ1n) is 6.96. The number of ether oxygens (including phenoxy) is 1. The topological polar surface area (TPSA) is 34.1 Å². The van der Waals surface area contributed by atoms with Gasteiger partial charge < -0.3 is 10.1 Å². The molecule has 2 aromatic rings. The molecule has 3 heteroatoms. The summed E-state index contributed by atoms with van der Waals surface area (Å²) in [5.41, 5.74) is 3.49. The zero-order chi connectivity index (χ0) is 14.4. The fraction of sp³-hybridized carbons (Fsp3) is 0.353. The molecule has 0 amide bonds. The summed E-state index contributed by atoms with van der Waals surface area (Å²) < 4.78 is 5.18. The standard InChI is InChI=1S/C17H22N2O/c1-13-5-4-6-17(19-13)16(18-2)12-9-14-7-10-15(20-3)11-8-14/h4-8,10-11,16,18H,9,12H2,1-3H3. The molecule has 106 valence electrons. The van der Waals surface area contributed by atoms with Gasteiger partial charge in [0, 0.05) is 11.7 Å². The van der Waals surface area contributed by atoms with Gasteiger partial charge in [0.2, 0.25) is 0 Å². The molecular formula is C17H22N2O. The first kappa shape index (κ1) is 14.5. The van der Waals surface area contributed by atoms with Crippen LogP contribution >= 0.6 is 0 Å². The minimum Gasteiger partial charge on any atom is -0.497 e. The summed E-state index contributed by atoms with van der Waals surface area (Å²) in [7, 11) is 3.68. The van der Waals surface area contributed by atoms with Gasteiger partial charge in [0.15, 0.2) is 0 Å². The third-order valence-electron chi connectivity index (χ3n) is 3.50. The van der Waals surface area contributed by atoms with Crippen molar-refractivity contribution in [1.82, 2.24) is 10.3 Å². The van der Waals surface area contributed by atoms with Gasteiger partial charge >= 0.3 is 0 Å². The highest BCUT2D eigenvalue weighted by atomic mass is 16.5. The lowest BCUT2D eigenvalue weighted by atomic mass is 10.0. The number of methoxy groups -OCH3 is 1. The van der Waals surface area contributed by atoms with E-state index in [4.69, 9.17) is 4.74 Å². The van der Waals surface area contributed by atoms with E-state index >= 15 is 0 Å². The number of pyridine rings is 1. The van der Waals surface area contributed by atoms with E-state index in [0.717, 1.165) is 30.0 Å². The van der Waals surface area contributed by atoms with Gasteiger partial charge in [-0.3, -0.25) is 4.98 Å². The summed E-state index contributed by atoms with van der Waals surface area (Å²) in [5, 5.41) is 3.35. The van der Waals surface area contributed by atoms with Gasteiger partial charge in [0.25, 0.3) is 0 Å². The van der Waals surface area contributed by atoms with Gasteiger partial charge in [-0.25, -0.2) is 0 Å². The van der Waals surface area contributed by atoms with Crippen molar-refractivity contribution in [2.75, 3.05) is 14.2 Å². The maximum Gasteiger partial charge on any atom is 0.118 e. The molecule has 0 fully saturated rings. The first-order chi connectivity index (χ1) is 9.72. The minimum absolute atomic E-state index is 0.289. The monoisotopic (exact) mass is 270 g/mol. The third kappa shape index (κ3) is 3.81. The average Bonchev–Trinajstić information content (AvgIpc) is 2.48. The van der Waals surface area contributed by atoms with Crippen LogP contribution in [0, 0.1) is 6.92 Å². The molecule has 0 aliphatic heterocycles. The fourth-order valence-electron chi connectivity index (χ4n) is 2.30. The number of nitrogens with zero attached hydrogens (tertiary/aromatic N) is 1. The van der Waals surface area contributed by atoms with Crippen LogP contribution in [0.4, 0.5) is 0 Å². The molecule has 0 saturated carbocycles. The zero-order valence-corrected chi connectivity index (χ0v) is 12.4. The van der Waals surface area contributed by atoms with Crippen molar-refractivity contribution in [2.24, 2.45) is 0 Å². The Morgan fingerprint density at radius 3 is 2.50 bits per heavy atom. The summed E-state index contributed by atoms with van der Waals surface area (Å²) in [6, 6.07) is 14.7. The zero-order valence-electron chi connectivity index (χ0n) is 12.4. The minimum atomic E-state index is 0.289. The molecule has 1 N–H and O–H groups in total. The van der Waals surface area contributed by atoms with Crippen molar-refractivity contribution in [3.63, 3.8) is 0 Å². The van der Waals surface area contributed by atoms with Gasteiger partial charge in [0.1, 0.15) is 5.75 Å². The van der Waals surface area contributed by atoms with Crippen molar-refractivity contribution < 1.29 is 4.74 Å². The van der Waals surface area contributed by atoms with Crippen LogP contribution in [0.3, 0.4) is 0 Å². The van der Waals surface area contributed by atoms with Crippen LogP contribution in [0.15, 0.2) is 42.5 Å². The Kier molecular flexibility index (Phi) is 5.13. The smallest absolute Gasteiger partial charge is 0.118 e. The highest BCUT2D eigenvalue weighted by Gasteiger charge is 2.10. The van der Waals surface area contributed by atoms with Crippen molar-refractivity contribution >= 4 is 0 Å². The van der Waals surface area contributed by atoms with Crippen molar-refractivity contribution in [2.45, 2.75) is 25.8 Å². The highest BCUT2D eigenvalue weighted by molar-refractivity contribution is 5.27. The van der Waals surface area contributed by atoms with Crippen LogP contribution in [0.25, 0.3) is 0 Å². The molecule has 1 heterocycles. The number of hydrogen-bond donors (Lipinski definition) is 1. The van der Waals surface area contributed by atoms with E-state index < -0.39 is 0 Å². The average molecular weight is 270 g/mol. The number of rotatable bonds is 6. The quantitative estimate of drug-likeness (QED) is 0.874. The molecule has 2 rings (SSSR count). The Morgan fingerprint density at radius 1 is 1.15 bits per heavy atom. The molecule has 0 saturated heterocycles. The van der Waals surface area contributed by atoms with E-state index in [1.807, 2.05) is 32.2 Å². The molecule has 0 radical (unpaired) electrons. The van der Waals surface area contributed by atoms with Gasteiger partial charge in [-0.05, 0) is 56.6 Å². The lowest BCUT2D eigenvalue weighted by Crippen LogP contribution is -2.18. The molecule has 1 unspecified atom stereocenters. The van der Waals surface area contributed by atoms with Crippen LogP contribution in [0.5, 0.6) is 5.75 Å². The summed E-state index contributed by atoms with van der Waals surface area (Å²) in [5.74, 6) is 0.902. The molecule has 1 aromatic carbocycles. The van der Waals surface area contributed by atoms with E-state index in [0.29, 0.717) is 0 Å². The van der Waals surface area contributed by atoms with Crippen LogP contribution in [-0.4, -0.2) is 19.1 Å². The number of nitrogens with one attached hydrogen (secondary N) is 1. The van der Waals surface area contributed by atoms with Crippen LogP contribution in [0.2, 0.25) is 0 Å². The lowest BCUT2D eigenvalue weighted by Gasteiger charge is -2.16. The number of aromatic nitrogens is 1. The Hall–Kier alpha value is -1.87. The Balaban J connectivity index is 1.99. The van der Waals surface area contributed by atoms with Gasteiger partial charge in [0.05, 0.1) is 12.8 Å². The molecular weight excluding hydrogens is 248 g/mol. The molecule has 0 spiro atoms. The van der Waals surface area contributed by atoms with E-state index in [2.05, 4.69) is 34.6 Å². The van der Waals surface area contributed by atoms with Crippen LogP contribution < -0.4 is 10.1 Å². The second kappa shape index (κ2) is 7.06. The Bertz CT molecular complexity index is 537. The van der Waals surface area contributed by atoms with Gasteiger partial charge in [-0.1, -0.05) is 18.2 Å². The fourth-order valence-corrected chi connectivity index (χ4v) is 2.30. The summed E-state index contributed by atoms with van der Waals surface area (Å²) in [6.45, 7) is 2.03. The van der Waals surface area contributed by atoms with Gasteiger partial charge in [-0.2, -0.15) is 0 Å². The maximum atomic E-state index is 5.18. The summed E-state index contributed by atoms with van der Waals surface area (Å²) >= 11 is 0. The largest absolute Gasteiger partial charge is 0.497 e. The molecule has 1 atom stereocenters. The molecule has 3 nitrogen and oxygen atoms in total. The second-order valence-corrected chi connectivity index (χ2v) is 4.93. The summed E-state index contributed by atoms with van der Waals surface area (Å²) in [4.78, 5) is 4.60. The third-order valence-corrected chi connectivity index (χ3v) is 3.50. The van der Waals surface area contributed by atoms with Gasteiger partial charge in [-0.15, -0.1) is 0 Å². The van der Waals surface area contributed by atoms with Crippen LogP contribution in [0.1, 0.15) is 29.4 Å². The SMILES string of the molecule is CNC(CCc1ccc(OC)cc1)c1cccc(C)n1. The van der Waals surface area contributed by atoms with E-state index in [1.165, 1.54) is 5.56 Å². The first-order valence-corrected chi connectivity index (χ1v) is 6.96. The van der Waals surface area contributed by atoms with E-state index in [1.54, 1.807) is 7.11 Å². The molecule has 0 aliphatic carbocycles. The van der Waals surface area contributed by atoms with Crippen LogP contribution in [-0.2, 0) is 6.42 Å². The van der Waals surface area contributed by atoms with E-state index in [-0.39, 0.29) is 6.04 Å². The lowest BCUT2D eigenvalue weighted by molar-refractivity contribution is 0.414. The summed E-state index contributed by atoms with van der Waals surface area (Å²) in [6.07, 6.45) is 2.05. The Labute approximate surface area is 121 Å². The van der Waals surface area contributed by atoms with Crippen molar-refractivity contribution in [1.29, 1.82) is 0 Å². The molecule has 1 aromatic heterocycles. The predicted octanol–water partition coefficient (Wildman–Crippen LogP) is 3.29. The van der Waals surface area contributed by atoms with Crippen molar-refractivity contribution in [3.05, 3.63) is 59.4 Å². The molecule has 0 aliphatic rings. The number of aryl methyl sites for hydroxylation is 2.